The minimum Gasteiger partial charge on any atom is -0.364 e. The second kappa shape index (κ2) is 7.81. The van der Waals surface area contributed by atoms with Crippen LogP contribution in [-0.2, 0) is 9.53 Å². The van der Waals surface area contributed by atoms with E-state index in [0.717, 1.165) is 12.1 Å². The number of ether oxygens (including phenoxy) is 1. The molecule has 17 heavy (non-hydrogen) atoms. The summed E-state index contributed by atoms with van der Waals surface area (Å²) >= 11 is 0. The van der Waals surface area contributed by atoms with Crippen LogP contribution in [0.25, 0.3) is 0 Å². The van der Waals surface area contributed by atoms with Crippen molar-refractivity contribution in [3.8, 4) is 0 Å². The SMILES string of the molecule is CCOC(C(=O)NCCNC)c1ccccc1. The van der Waals surface area contributed by atoms with E-state index in [2.05, 4.69) is 10.6 Å². The molecule has 1 atom stereocenters. The van der Waals surface area contributed by atoms with E-state index in [1.807, 2.05) is 44.3 Å². The second-order valence-electron chi connectivity index (χ2n) is 3.64. The van der Waals surface area contributed by atoms with Crippen molar-refractivity contribution in [3.63, 3.8) is 0 Å². The van der Waals surface area contributed by atoms with Gasteiger partial charge in [-0.1, -0.05) is 30.3 Å². The van der Waals surface area contributed by atoms with Crippen LogP contribution in [0.3, 0.4) is 0 Å². The van der Waals surface area contributed by atoms with Gasteiger partial charge >= 0.3 is 0 Å². The maximum atomic E-state index is 11.9. The number of hydrogen-bond acceptors (Lipinski definition) is 3. The predicted molar refractivity (Wildman–Crippen MR) is 67.7 cm³/mol. The molecule has 0 aliphatic heterocycles. The Kier molecular flexibility index (Phi) is 6.29. The topological polar surface area (TPSA) is 50.4 Å². The summed E-state index contributed by atoms with van der Waals surface area (Å²) in [6.45, 7) is 3.75. The molecule has 4 heteroatoms. The zero-order valence-electron chi connectivity index (χ0n) is 10.4. The lowest BCUT2D eigenvalue weighted by molar-refractivity contribution is -0.132. The molecule has 0 saturated carbocycles. The van der Waals surface area contributed by atoms with Crippen molar-refractivity contribution < 1.29 is 9.53 Å². The van der Waals surface area contributed by atoms with Crippen LogP contribution in [0.1, 0.15) is 18.6 Å². The monoisotopic (exact) mass is 236 g/mol. The van der Waals surface area contributed by atoms with Crippen molar-refractivity contribution in [2.75, 3.05) is 26.7 Å². The van der Waals surface area contributed by atoms with Gasteiger partial charge in [0.2, 0.25) is 0 Å². The normalized spacial score (nSPS) is 12.1. The van der Waals surface area contributed by atoms with Crippen LogP contribution in [0.15, 0.2) is 30.3 Å². The molecule has 0 radical (unpaired) electrons. The number of rotatable bonds is 7. The first-order chi connectivity index (χ1) is 8.29. The number of benzene rings is 1. The number of nitrogens with one attached hydrogen (secondary N) is 2. The summed E-state index contributed by atoms with van der Waals surface area (Å²) in [5.41, 5.74) is 0.885. The highest BCUT2D eigenvalue weighted by molar-refractivity contribution is 5.82. The van der Waals surface area contributed by atoms with E-state index in [1.54, 1.807) is 0 Å². The Bertz CT molecular complexity index is 327. The second-order valence-corrected chi connectivity index (χ2v) is 3.64. The molecule has 94 valence electrons. The molecule has 1 aromatic carbocycles. The fraction of sp³-hybridized carbons (Fsp3) is 0.462. The molecule has 1 rings (SSSR count). The zero-order chi connectivity index (χ0) is 12.5. The van der Waals surface area contributed by atoms with Gasteiger partial charge in [-0.3, -0.25) is 4.79 Å². The summed E-state index contributed by atoms with van der Waals surface area (Å²) in [7, 11) is 1.85. The lowest BCUT2D eigenvalue weighted by Crippen LogP contribution is -2.35. The van der Waals surface area contributed by atoms with Gasteiger partial charge in [0.05, 0.1) is 0 Å². The Morgan fingerprint density at radius 3 is 2.59 bits per heavy atom. The zero-order valence-corrected chi connectivity index (χ0v) is 10.4. The third-order valence-electron chi connectivity index (χ3n) is 2.35. The van der Waals surface area contributed by atoms with Crippen LogP contribution < -0.4 is 10.6 Å². The van der Waals surface area contributed by atoms with Crippen molar-refractivity contribution in [2.45, 2.75) is 13.0 Å². The van der Waals surface area contributed by atoms with Crippen LogP contribution >= 0.6 is 0 Å². The highest BCUT2D eigenvalue weighted by Gasteiger charge is 2.19. The Labute approximate surface area is 102 Å². The molecule has 1 amide bonds. The quantitative estimate of drug-likeness (QED) is 0.697. The lowest BCUT2D eigenvalue weighted by Gasteiger charge is -2.17. The van der Waals surface area contributed by atoms with E-state index in [-0.39, 0.29) is 5.91 Å². The molecule has 0 saturated heterocycles. The number of carbonyl (C=O) groups excluding carboxylic acids is 1. The molecule has 0 fully saturated rings. The Morgan fingerprint density at radius 2 is 2.00 bits per heavy atom. The van der Waals surface area contributed by atoms with E-state index >= 15 is 0 Å². The standard InChI is InChI=1S/C13H20N2O2/c1-3-17-12(11-7-5-4-6-8-11)13(16)15-10-9-14-2/h4-8,12,14H,3,9-10H2,1-2H3,(H,15,16). The summed E-state index contributed by atoms with van der Waals surface area (Å²) in [5.74, 6) is -0.0895. The van der Waals surface area contributed by atoms with Gasteiger partial charge in [0.15, 0.2) is 6.10 Å². The van der Waals surface area contributed by atoms with Gasteiger partial charge in [0.1, 0.15) is 0 Å². The Morgan fingerprint density at radius 1 is 1.29 bits per heavy atom. The van der Waals surface area contributed by atoms with Crippen LogP contribution in [0.5, 0.6) is 0 Å². The summed E-state index contributed by atoms with van der Waals surface area (Å²) in [6, 6.07) is 9.53. The van der Waals surface area contributed by atoms with Gasteiger partial charge in [0, 0.05) is 19.7 Å². The minimum absolute atomic E-state index is 0.0895. The van der Waals surface area contributed by atoms with Crippen LogP contribution in [0.2, 0.25) is 0 Å². The van der Waals surface area contributed by atoms with Gasteiger partial charge < -0.3 is 15.4 Å². The average molecular weight is 236 g/mol. The first-order valence-corrected chi connectivity index (χ1v) is 5.88. The van der Waals surface area contributed by atoms with Gasteiger partial charge in [-0.05, 0) is 19.5 Å². The van der Waals surface area contributed by atoms with Crippen molar-refractivity contribution in [3.05, 3.63) is 35.9 Å². The third-order valence-corrected chi connectivity index (χ3v) is 2.35. The molecule has 1 unspecified atom stereocenters. The minimum atomic E-state index is -0.516. The van der Waals surface area contributed by atoms with Crippen molar-refractivity contribution in [2.24, 2.45) is 0 Å². The molecule has 0 aromatic heterocycles. The molecule has 0 aliphatic rings. The smallest absolute Gasteiger partial charge is 0.253 e. The fourth-order valence-corrected chi connectivity index (χ4v) is 1.52. The van der Waals surface area contributed by atoms with Gasteiger partial charge in [-0.15, -0.1) is 0 Å². The maximum absolute atomic E-state index is 11.9. The van der Waals surface area contributed by atoms with Crippen molar-refractivity contribution >= 4 is 5.91 Å². The number of amides is 1. The third kappa shape index (κ3) is 4.54. The molecular formula is C13H20N2O2. The van der Waals surface area contributed by atoms with Gasteiger partial charge in [-0.25, -0.2) is 0 Å². The molecule has 1 aromatic rings. The van der Waals surface area contributed by atoms with E-state index < -0.39 is 6.10 Å². The van der Waals surface area contributed by atoms with Gasteiger partial charge in [0.25, 0.3) is 5.91 Å². The highest BCUT2D eigenvalue weighted by Crippen LogP contribution is 2.16. The first kappa shape index (κ1) is 13.7. The van der Waals surface area contributed by atoms with E-state index in [9.17, 15) is 4.79 Å². The Hall–Kier alpha value is -1.39. The summed E-state index contributed by atoms with van der Waals surface area (Å²) in [4.78, 5) is 11.9. The summed E-state index contributed by atoms with van der Waals surface area (Å²) < 4.78 is 5.49. The average Bonchev–Trinajstić information content (AvgIpc) is 2.37. The molecule has 0 aliphatic carbocycles. The summed E-state index contributed by atoms with van der Waals surface area (Å²) in [6.07, 6.45) is -0.516. The first-order valence-electron chi connectivity index (χ1n) is 5.88. The number of hydrogen-bond donors (Lipinski definition) is 2. The molecule has 4 nitrogen and oxygen atoms in total. The molecular weight excluding hydrogens is 216 g/mol. The van der Waals surface area contributed by atoms with Crippen LogP contribution in [0.4, 0.5) is 0 Å². The van der Waals surface area contributed by atoms with E-state index in [1.165, 1.54) is 0 Å². The highest BCUT2D eigenvalue weighted by atomic mass is 16.5. The number of likely N-dealkylation sites (N-methyl/N-ethyl adjacent to an activating group) is 1. The van der Waals surface area contributed by atoms with E-state index in [0.29, 0.717) is 13.2 Å². The fourth-order valence-electron chi connectivity index (χ4n) is 1.52. The molecule has 0 spiro atoms. The maximum Gasteiger partial charge on any atom is 0.253 e. The van der Waals surface area contributed by atoms with Crippen LogP contribution in [0, 0.1) is 0 Å². The van der Waals surface area contributed by atoms with Crippen molar-refractivity contribution in [1.82, 2.24) is 10.6 Å². The van der Waals surface area contributed by atoms with Crippen molar-refractivity contribution in [1.29, 1.82) is 0 Å². The molecule has 2 N–H and O–H groups in total. The number of carbonyl (C=O) groups is 1. The largest absolute Gasteiger partial charge is 0.364 e. The van der Waals surface area contributed by atoms with Gasteiger partial charge in [-0.2, -0.15) is 0 Å². The summed E-state index contributed by atoms with van der Waals surface area (Å²) in [5, 5.41) is 5.82. The Balaban J connectivity index is 2.62. The molecule has 0 bridgehead atoms. The van der Waals surface area contributed by atoms with E-state index in [4.69, 9.17) is 4.74 Å². The lowest BCUT2D eigenvalue weighted by atomic mass is 10.1. The predicted octanol–water partition coefficient (Wildman–Crippen LogP) is 1.10. The van der Waals surface area contributed by atoms with Crippen LogP contribution in [-0.4, -0.2) is 32.7 Å². The molecule has 0 heterocycles.